The summed E-state index contributed by atoms with van der Waals surface area (Å²) in [6, 6.07) is 3.86. The van der Waals surface area contributed by atoms with E-state index in [0.717, 1.165) is 14.7 Å². The number of aliphatic hydroxyl groups excluding tert-OH is 2. The van der Waals surface area contributed by atoms with Crippen molar-refractivity contribution >= 4 is 28.5 Å². The second kappa shape index (κ2) is 7.06. The van der Waals surface area contributed by atoms with Gasteiger partial charge < -0.3 is 15.1 Å². The zero-order valence-electron chi connectivity index (χ0n) is 10.6. The minimum atomic E-state index is -0.141. The van der Waals surface area contributed by atoms with Crippen LogP contribution in [0.4, 0.5) is 0 Å². The van der Waals surface area contributed by atoms with Crippen LogP contribution in [0.15, 0.2) is 12.1 Å². The summed E-state index contributed by atoms with van der Waals surface area (Å²) in [5, 5.41) is 17.9. The molecule has 0 aromatic heterocycles. The summed E-state index contributed by atoms with van der Waals surface area (Å²) in [5.74, 6) is -0.141. The molecule has 0 saturated carbocycles. The molecule has 1 aromatic rings. The Kier molecular flexibility index (Phi) is 6.04. The summed E-state index contributed by atoms with van der Waals surface area (Å²) in [5.41, 5.74) is 2.65. The first-order valence-electron chi connectivity index (χ1n) is 5.79. The first-order valence-corrected chi connectivity index (χ1v) is 6.87. The number of halogens is 1. The summed E-state index contributed by atoms with van der Waals surface area (Å²) < 4.78 is 1.01. The number of hydrogen-bond acceptors (Lipinski definition) is 3. The monoisotopic (exact) mass is 363 g/mol. The molecule has 1 amide bonds. The van der Waals surface area contributed by atoms with E-state index in [2.05, 4.69) is 22.6 Å². The Morgan fingerprint density at radius 3 is 2.28 bits per heavy atom. The molecule has 2 N–H and O–H groups in total. The van der Waals surface area contributed by atoms with E-state index in [1.165, 1.54) is 4.90 Å². The summed E-state index contributed by atoms with van der Waals surface area (Å²) >= 11 is 2.18. The van der Waals surface area contributed by atoms with Crippen molar-refractivity contribution in [2.45, 2.75) is 13.8 Å². The first kappa shape index (κ1) is 15.4. The van der Waals surface area contributed by atoms with Gasteiger partial charge in [0.15, 0.2) is 0 Å². The molecule has 0 heterocycles. The number of hydrogen-bond donors (Lipinski definition) is 2. The maximum Gasteiger partial charge on any atom is 0.254 e. The van der Waals surface area contributed by atoms with Gasteiger partial charge in [0.05, 0.1) is 13.2 Å². The quantitative estimate of drug-likeness (QED) is 0.777. The molecular weight excluding hydrogens is 345 g/mol. The smallest absolute Gasteiger partial charge is 0.254 e. The topological polar surface area (TPSA) is 60.8 Å². The SMILES string of the molecule is Cc1cc(I)cc(C(=O)N(CCO)CCO)c1C. The number of amides is 1. The van der Waals surface area contributed by atoms with Crippen LogP contribution in [0, 0.1) is 17.4 Å². The van der Waals surface area contributed by atoms with Crippen LogP contribution >= 0.6 is 22.6 Å². The van der Waals surface area contributed by atoms with Gasteiger partial charge in [-0.2, -0.15) is 0 Å². The van der Waals surface area contributed by atoms with E-state index in [-0.39, 0.29) is 32.2 Å². The van der Waals surface area contributed by atoms with Crippen molar-refractivity contribution in [2.24, 2.45) is 0 Å². The van der Waals surface area contributed by atoms with Crippen molar-refractivity contribution in [3.05, 3.63) is 32.4 Å². The molecule has 0 aliphatic heterocycles. The van der Waals surface area contributed by atoms with Crippen LogP contribution in [0.5, 0.6) is 0 Å². The van der Waals surface area contributed by atoms with Gasteiger partial charge >= 0.3 is 0 Å². The lowest BCUT2D eigenvalue weighted by atomic mass is 10.0. The lowest BCUT2D eigenvalue weighted by Crippen LogP contribution is -2.36. The number of carbonyl (C=O) groups excluding carboxylic acids is 1. The van der Waals surface area contributed by atoms with Gasteiger partial charge in [-0.05, 0) is 59.7 Å². The molecule has 0 radical (unpaired) electrons. The third-order valence-corrected chi connectivity index (χ3v) is 3.51. The van der Waals surface area contributed by atoms with E-state index in [1.807, 2.05) is 26.0 Å². The van der Waals surface area contributed by atoms with Crippen molar-refractivity contribution in [3.63, 3.8) is 0 Å². The minimum Gasteiger partial charge on any atom is -0.395 e. The van der Waals surface area contributed by atoms with E-state index < -0.39 is 0 Å². The van der Waals surface area contributed by atoms with Crippen LogP contribution in [-0.4, -0.2) is 47.3 Å². The highest BCUT2D eigenvalue weighted by Crippen LogP contribution is 2.19. The molecule has 0 atom stereocenters. The van der Waals surface area contributed by atoms with Crippen LogP contribution in [0.1, 0.15) is 21.5 Å². The van der Waals surface area contributed by atoms with Crippen LogP contribution in [0.2, 0.25) is 0 Å². The molecule has 4 nitrogen and oxygen atoms in total. The fraction of sp³-hybridized carbons (Fsp3) is 0.462. The zero-order chi connectivity index (χ0) is 13.7. The third-order valence-electron chi connectivity index (χ3n) is 2.89. The van der Waals surface area contributed by atoms with Gasteiger partial charge in [-0.25, -0.2) is 0 Å². The molecule has 0 bridgehead atoms. The second-order valence-electron chi connectivity index (χ2n) is 4.13. The standard InChI is InChI=1S/C13H18INO3/c1-9-7-11(14)8-12(10(9)2)13(18)15(3-5-16)4-6-17/h7-8,16-17H,3-6H2,1-2H3. The van der Waals surface area contributed by atoms with Crippen molar-refractivity contribution < 1.29 is 15.0 Å². The van der Waals surface area contributed by atoms with Crippen molar-refractivity contribution in [1.82, 2.24) is 4.90 Å². The van der Waals surface area contributed by atoms with Gasteiger partial charge in [0, 0.05) is 22.2 Å². The van der Waals surface area contributed by atoms with Gasteiger partial charge in [-0.3, -0.25) is 4.79 Å². The van der Waals surface area contributed by atoms with E-state index in [9.17, 15) is 4.79 Å². The van der Waals surface area contributed by atoms with Crippen LogP contribution in [0.25, 0.3) is 0 Å². The average Bonchev–Trinajstić information content (AvgIpc) is 2.32. The summed E-state index contributed by atoms with van der Waals surface area (Å²) in [6.07, 6.45) is 0. The summed E-state index contributed by atoms with van der Waals surface area (Å²) in [6.45, 7) is 4.15. The van der Waals surface area contributed by atoms with E-state index in [0.29, 0.717) is 5.56 Å². The van der Waals surface area contributed by atoms with Gasteiger partial charge in [-0.1, -0.05) is 0 Å². The zero-order valence-corrected chi connectivity index (χ0v) is 12.8. The van der Waals surface area contributed by atoms with Crippen molar-refractivity contribution in [2.75, 3.05) is 26.3 Å². The van der Waals surface area contributed by atoms with Gasteiger partial charge in [0.25, 0.3) is 5.91 Å². The number of carbonyl (C=O) groups is 1. The maximum atomic E-state index is 12.4. The fourth-order valence-electron chi connectivity index (χ4n) is 1.76. The van der Waals surface area contributed by atoms with Gasteiger partial charge in [-0.15, -0.1) is 0 Å². The lowest BCUT2D eigenvalue weighted by molar-refractivity contribution is 0.0684. The first-order chi connectivity index (χ1) is 8.51. The highest BCUT2D eigenvalue weighted by molar-refractivity contribution is 14.1. The van der Waals surface area contributed by atoms with E-state index in [4.69, 9.17) is 10.2 Å². The Morgan fingerprint density at radius 2 is 1.78 bits per heavy atom. The molecule has 0 fully saturated rings. The average molecular weight is 363 g/mol. The molecule has 5 heteroatoms. The number of aliphatic hydroxyl groups is 2. The van der Waals surface area contributed by atoms with E-state index >= 15 is 0 Å². The number of nitrogens with zero attached hydrogens (tertiary/aromatic N) is 1. The molecule has 0 aliphatic carbocycles. The number of rotatable bonds is 5. The summed E-state index contributed by atoms with van der Waals surface area (Å²) in [4.78, 5) is 13.8. The normalized spacial score (nSPS) is 10.5. The Morgan fingerprint density at radius 1 is 1.22 bits per heavy atom. The third kappa shape index (κ3) is 3.66. The number of aryl methyl sites for hydroxylation is 1. The Bertz CT molecular complexity index is 428. The molecule has 18 heavy (non-hydrogen) atoms. The van der Waals surface area contributed by atoms with Crippen molar-refractivity contribution in [3.8, 4) is 0 Å². The van der Waals surface area contributed by atoms with Crippen LogP contribution in [0.3, 0.4) is 0 Å². The highest BCUT2D eigenvalue weighted by Gasteiger charge is 2.18. The molecule has 0 aliphatic rings. The molecule has 0 unspecified atom stereocenters. The molecule has 100 valence electrons. The number of benzene rings is 1. The minimum absolute atomic E-state index is 0.103. The van der Waals surface area contributed by atoms with Crippen LogP contribution < -0.4 is 0 Å². The van der Waals surface area contributed by atoms with Crippen LogP contribution in [-0.2, 0) is 0 Å². The molecule has 0 saturated heterocycles. The fourth-order valence-corrected chi connectivity index (χ4v) is 2.54. The largest absolute Gasteiger partial charge is 0.395 e. The molecule has 1 aromatic carbocycles. The Balaban J connectivity index is 3.07. The Labute approximate surface area is 121 Å². The predicted molar refractivity (Wildman–Crippen MR) is 78.7 cm³/mol. The highest BCUT2D eigenvalue weighted by atomic mass is 127. The van der Waals surface area contributed by atoms with Gasteiger partial charge in [0.2, 0.25) is 0 Å². The van der Waals surface area contributed by atoms with E-state index in [1.54, 1.807) is 0 Å². The predicted octanol–water partition coefficient (Wildman–Crippen LogP) is 1.33. The molecule has 1 rings (SSSR count). The Hall–Kier alpha value is -0.660. The molecule has 0 spiro atoms. The maximum absolute atomic E-state index is 12.4. The summed E-state index contributed by atoms with van der Waals surface area (Å²) in [7, 11) is 0. The van der Waals surface area contributed by atoms with Gasteiger partial charge in [0.1, 0.15) is 0 Å². The molecular formula is C13H18INO3. The van der Waals surface area contributed by atoms with Crippen molar-refractivity contribution in [1.29, 1.82) is 0 Å². The second-order valence-corrected chi connectivity index (χ2v) is 5.38. The lowest BCUT2D eigenvalue weighted by Gasteiger charge is -2.22.